The topological polar surface area (TPSA) is 58.5 Å². The first-order chi connectivity index (χ1) is 13.3. The van der Waals surface area contributed by atoms with E-state index >= 15 is 0 Å². The van der Waals surface area contributed by atoms with Crippen LogP contribution < -0.4 is 0 Å². The van der Waals surface area contributed by atoms with Gasteiger partial charge in [0.15, 0.2) is 0 Å². The number of carbonyl (C=O) groups excluding carboxylic acids is 1. The van der Waals surface area contributed by atoms with Crippen molar-refractivity contribution in [1.29, 1.82) is 0 Å². The van der Waals surface area contributed by atoms with E-state index in [1.54, 1.807) is 22.5 Å². The summed E-state index contributed by atoms with van der Waals surface area (Å²) in [5, 5.41) is 10.2. The number of hydrogen-bond donors (Lipinski definition) is 0. The molecule has 0 spiro atoms. The maximum absolute atomic E-state index is 13.1. The molecule has 0 fully saturated rings. The van der Waals surface area contributed by atoms with E-state index in [0.717, 1.165) is 27.3 Å². The second-order valence-corrected chi connectivity index (χ2v) is 8.05. The zero-order valence-electron chi connectivity index (χ0n) is 14.1. The summed E-state index contributed by atoms with van der Waals surface area (Å²) in [5.74, 6) is -0.100. The van der Waals surface area contributed by atoms with E-state index in [9.17, 15) is 4.79 Å². The minimum absolute atomic E-state index is 0.100. The number of rotatable bonds is 3. The van der Waals surface area contributed by atoms with Crippen LogP contribution in [0.25, 0.3) is 11.0 Å². The van der Waals surface area contributed by atoms with E-state index < -0.39 is 0 Å². The molecular formula is C20H14N4OS2. The first-order valence-corrected chi connectivity index (χ1v) is 10.3. The third kappa shape index (κ3) is 2.94. The highest BCUT2D eigenvalue weighted by molar-refractivity contribution is 7.12. The second kappa shape index (κ2) is 6.68. The lowest BCUT2D eigenvalue weighted by Crippen LogP contribution is -2.27. The Morgan fingerprint density at radius 2 is 1.81 bits per heavy atom. The molecule has 0 saturated carbocycles. The van der Waals surface area contributed by atoms with Crippen LogP contribution in [0, 0.1) is 0 Å². The Balaban J connectivity index is 1.57. The van der Waals surface area contributed by atoms with Gasteiger partial charge in [-0.1, -0.05) is 24.3 Å². The number of benzene rings is 1. The molecule has 27 heavy (non-hydrogen) atoms. The zero-order chi connectivity index (χ0) is 18.2. The molecule has 1 aliphatic rings. The molecule has 7 heteroatoms. The van der Waals surface area contributed by atoms with Crippen molar-refractivity contribution >= 4 is 45.3 Å². The Bertz CT molecular complexity index is 1140. The van der Waals surface area contributed by atoms with Crippen molar-refractivity contribution in [3.05, 3.63) is 80.9 Å². The first-order valence-electron chi connectivity index (χ1n) is 8.50. The van der Waals surface area contributed by atoms with Crippen molar-refractivity contribution in [3.8, 4) is 0 Å². The van der Waals surface area contributed by atoms with Gasteiger partial charge in [-0.25, -0.2) is 9.99 Å². The number of para-hydroxylation sites is 2. The Hall–Kier alpha value is -2.90. The van der Waals surface area contributed by atoms with Crippen molar-refractivity contribution in [1.82, 2.24) is 15.0 Å². The summed E-state index contributed by atoms with van der Waals surface area (Å²) in [6, 6.07) is 15.2. The van der Waals surface area contributed by atoms with Crippen LogP contribution in [0.1, 0.15) is 32.7 Å². The number of hydrazone groups is 1. The zero-order valence-corrected chi connectivity index (χ0v) is 15.8. The number of fused-ring (bicyclic) bond motifs is 1. The van der Waals surface area contributed by atoms with Crippen molar-refractivity contribution in [2.75, 3.05) is 0 Å². The first kappa shape index (κ1) is 16.3. The van der Waals surface area contributed by atoms with Gasteiger partial charge < -0.3 is 0 Å². The number of hydrogen-bond acceptors (Lipinski definition) is 6. The fraction of sp³-hybridized carbons (Fsp3) is 0.100. The molecule has 0 unspecified atom stereocenters. The molecule has 0 radical (unpaired) electrons. The van der Waals surface area contributed by atoms with Crippen molar-refractivity contribution < 1.29 is 4.79 Å². The molecule has 132 valence electrons. The summed E-state index contributed by atoms with van der Waals surface area (Å²) in [6.45, 7) is 0. The molecule has 5 nitrogen and oxygen atoms in total. The van der Waals surface area contributed by atoms with Crippen LogP contribution in [0.4, 0.5) is 0 Å². The highest BCUT2D eigenvalue weighted by Gasteiger charge is 2.35. The minimum Gasteiger partial charge on any atom is -0.266 e. The summed E-state index contributed by atoms with van der Waals surface area (Å²) < 4.78 is 0. The smallest absolute Gasteiger partial charge is 0.266 e. The van der Waals surface area contributed by atoms with Crippen LogP contribution in [0.3, 0.4) is 0 Å². The second-order valence-electron chi connectivity index (χ2n) is 6.15. The van der Waals surface area contributed by atoms with Crippen LogP contribution in [-0.2, 0) is 0 Å². The molecule has 0 N–H and O–H groups in total. The SMILES string of the molecule is O=C(c1cccs1)N1N=C(c2cccs2)C[C@H]1c1cnc2ccccc2n1. The molecule has 0 bridgehead atoms. The van der Waals surface area contributed by atoms with Gasteiger partial charge in [0.05, 0.1) is 38.4 Å². The van der Waals surface area contributed by atoms with Crippen LogP contribution in [-0.4, -0.2) is 26.6 Å². The fourth-order valence-electron chi connectivity index (χ4n) is 3.16. The fourth-order valence-corrected chi connectivity index (χ4v) is 4.54. The molecule has 0 saturated heterocycles. The van der Waals surface area contributed by atoms with E-state index in [0.29, 0.717) is 11.3 Å². The lowest BCUT2D eigenvalue weighted by Gasteiger charge is -2.20. The Morgan fingerprint density at radius 1 is 1.00 bits per heavy atom. The van der Waals surface area contributed by atoms with Gasteiger partial charge in [-0.3, -0.25) is 9.78 Å². The van der Waals surface area contributed by atoms with Gasteiger partial charge in [-0.15, -0.1) is 22.7 Å². The number of amides is 1. The lowest BCUT2D eigenvalue weighted by molar-refractivity contribution is 0.0713. The number of carbonyl (C=O) groups is 1. The number of thiophene rings is 2. The van der Waals surface area contributed by atoms with Crippen LogP contribution >= 0.6 is 22.7 Å². The maximum atomic E-state index is 13.1. The van der Waals surface area contributed by atoms with Crippen LogP contribution in [0.5, 0.6) is 0 Å². The van der Waals surface area contributed by atoms with E-state index in [1.807, 2.05) is 59.3 Å². The van der Waals surface area contributed by atoms with E-state index in [4.69, 9.17) is 4.98 Å². The molecule has 1 amide bonds. The minimum atomic E-state index is -0.256. The normalized spacial score (nSPS) is 16.7. The quantitative estimate of drug-likeness (QED) is 0.507. The third-order valence-electron chi connectivity index (χ3n) is 4.46. The van der Waals surface area contributed by atoms with Gasteiger partial charge in [0.2, 0.25) is 0 Å². The molecule has 5 rings (SSSR count). The monoisotopic (exact) mass is 390 g/mol. The van der Waals surface area contributed by atoms with Gasteiger partial charge in [0, 0.05) is 6.42 Å². The summed E-state index contributed by atoms with van der Waals surface area (Å²) in [4.78, 5) is 24.1. The van der Waals surface area contributed by atoms with Gasteiger partial charge in [0.1, 0.15) is 6.04 Å². The largest absolute Gasteiger partial charge is 0.284 e. The maximum Gasteiger partial charge on any atom is 0.284 e. The van der Waals surface area contributed by atoms with Gasteiger partial charge in [-0.05, 0) is 35.0 Å². The molecule has 1 aromatic carbocycles. The third-order valence-corrected chi connectivity index (χ3v) is 6.24. The van der Waals surface area contributed by atoms with Crippen molar-refractivity contribution in [2.45, 2.75) is 12.5 Å². The molecule has 0 aliphatic carbocycles. The Morgan fingerprint density at radius 3 is 2.59 bits per heavy atom. The molecule has 1 atom stereocenters. The average Bonchev–Trinajstić information content (AvgIpc) is 3.48. The van der Waals surface area contributed by atoms with Gasteiger partial charge in [-0.2, -0.15) is 5.10 Å². The van der Waals surface area contributed by atoms with E-state index in [2.05, 4.69) is 10.1 Å². The van der Waals surface area contributed by atoms with Crippen molar-refractivity contribution in [3.63, 3.8) is 0 Å². The molecule has 1 aliphatic heterocycles. The predicted octanol–water partition coefficient (Wildman–Crippen LogP) is 4.74. The molecule has 4 aromatic rings. The summed E-state index contributed by atoms with van der Waals surface area (Å²) in [5.41, 5.74) is 3.33. The van der Waals surface area contributed by atoms with Crippen LogP contribution in [0.15, 0.2) is 70.6 Å². The highest BCUT2D eigenvalue weighted by atomic mass is 32.1. The standard InChI is InChI=1S/C20H14N4OS2/c25-20(19-8-4-10-27-19)24-17(11-15(23-24)18-7-3-9-26-18)16-12-21-13-5-1-2-6-14(13)22-16/h1-10,12,17H,11H2/t17-/m0/s1. The highest BCUT2D eigenvalue weighted by Crippen LogP contribution is 2.34. The van der Waals surface area contributed by atoms with E-state index in [1.165, 1.54) is 11.3 Å². The average molecular weight is 390 g/mol. The number of nitrogens with zero attached hydrogens (tertiary/aromatic N) is 4. The Kier molecular flexibility index (Phi) is 4.03. The van der Waals surface area contributed by atoms with E-state index in [-0.39, 0.29) is 11.9 Å². The summed E-state index contributed by atoms with van der Waals surface area (Å²) in [7, 11) is 0. The predicted molar refractivity (Wildman–Crippen MR) is 108 cm³/mol. The Labute approximate surface area is 163 Å². The number of aromatic nitrogens is 2. The van der Waals surface area contributed by atoms with Gasteiger partial charge >= 0.3 is 0 Å². The lowest BCUT2D eigenvalue weighted by atomic mass is 10.1. The van der Waals surface area contributed by atoms with Crippen LogP contribution in [0.2, 0.25) is 0 Å². The van der Waals surface area contributed by atoms with Gasteiger partial charge in [0.25, 0.3) is 5.91 Å². The van der Waals surface area contributed by atoms with Crippen molar-refractivity contribution in [2.24, 2.45) is 5.10 Å². The summed E-state index contributed by atoms with van der Waals surface area (Å²) >= 11 is 3.05. The summed E-state index contributed by atoms with van der Waals surface area (Å²) in [6.07, 6.45) is 2.39. The molecular weight excluding hydrogens is 376 g/mol. The molecule has 3 aromatic heterocycles. The molecule has 4 heterocycles.